The summed E-state index contributed by atoms with van der Waals surface area (Å²) in [5, 5.41) is 14.1. The normalized spacial score (nSPS) is 10.4. The number of hydrogen-bond donors (Lipinski definition) is 2. The highest BCUT2D eigenvalue weighted by Crippen LogP contribution is 2.26. The van der Waals surface area contributed by atoms with Crippen molar-refractivity contribution in [1.82, 2.24) is 0 Å². The molecule has 0 unspecified atom stereocenters. The van der Waals surface area contributed by atoms with Crippen molar-refractivity contribution in [2.45, 2.75) is 13.5 Å². The molecule has 2 nitrogen and oxygen atoms in total. The molecule has 0 amide bonds. The fourth-order valence-corrected chi connectivity index (χ4v) is 1.96. The minimum atomic E-state index is 0.324. The summed E-state index contributed by atoms with van der Waals surface area (Å²) in [5.74, 6) is 0.324. The van der Waals surface area contributed by atoms with Gasteiger partial charge in [-0.2, -0.15) is 0 Å². The quantitative estimate of drug-likeness (QED) is 0.861. The first-order valence-electron chi connectivity index (χ1n) is 5.54. The molecule has 0 aliphatic carbocycles. The van der Waals surface area contributed by atoms with Crippen LogP contribution in [0.15, 0.2) is 36.4 Å². The number of phenols is 1. The number of halogens is 2. The lowest BCUT2D eigenvalue weighted by Gasteiger charge is -2.10. The van der Waals surface area contributed by atoms with Crippen LogP contribution in [0.2, 0.25) is 10.0 Å². The van der Waals surface area contributed by atoms with Crippen LogP contribution < -0.4 is 5.32 Å². The third kappa shape index (κ3) is 2.89. The second-order valence-corrected chi connectivity index (χ2v) is 4.88. The maximum atomic E-state index is 9.89. The van der Waals surface area contributed by atoms with Gasteiger partial charge in [-0.05, 0) is 30.7 Å². The molecule has 2 aromatic carbocycles. The van der Waals surface area contributed by atoms with Crippen LogP contribution in [0.5, 0.6) is 5.75 Å². The van der Waals surface area contributed by atoms with Crippen molar-refractivity contribution < 1.29 is 5.11 Å². The van der Waals surface area contributed by atoms with E-state index in [1.54, 1.807) is 12.1 Å². The van der Waals surface area contributed by atoms with Gasteiger partial charge in [0.15, 0.2) is 0 Å². The first-order valence-corrected chi connectivity index (χ1v) is 6.30. The molecule has 4 heteroatoms. The number of anilines is 1. The molecule has 0 saturated heterocycles. The van der Waals surface area contributed by atoms with Gasteiger partial charge >= 0.3 is 0 Å². The van der Waals surface area contributed by atoms with Gasteiger partial charge in [0.2, 0.25) is 0 Å². The Hall–Kier alpha value is -1.38. The van der Waals surface area contributed by atoms with Crippen molar-refractivity contribution in [3.05, 3.63) is 57.6 Å². The number of benzene rings is 2. The second-order valence-electron chi connectivity index (χ2n) is 4.07. The molecule has 0 saturated carbocycles. The molecule has 2 N–H and O–H groups in total. The Labute approximate surface area is 116 Å². The molecule has 18 heavy (non-hydrogen) atoms. The second kappa shape index (κ2) is 5.51. The zero-order valence-electron chi connectivity index (χ0n) is 9.87. The predicted molar refractivity (Wildman–Crippen MR) is 76.6 cm³/mol. The largest absolute Gasteiger partial charge is 0.507 e. The van der Waals surface area contributed by atoms with Crippen molar-refractivity contribution in [3.63, 3.8) is 0 Å². The Balaban J connectivity index is 2.11. The summed E-state index contributed by atoms with van der Waals surface area (Å²) in [6.07, 6.45) is 0. The number of phenolic OH excluding ortho intramolecular Hbond substituents is 1. The van der Waals surface area contributed by atoms with E-state index in [9.17, 15) is 5.11 Å². The minimum Gasteiger partial charge on any atom is -0.507 e. The fraction of sp³-hybridized carbons (Fsp3) is 0.143. The SMILES string of the molecule is Cc1cccc(CNc2ccc(Cl)c(Cl)c2)c1O. The molecule has 0 aliphatic rings. The van der Waals surface area contributed by atoms with Crippen molar-refractivity contribution in [3.8, 4) is 5.75 Å². The molecule has 0 aromatic heterocycles. The topological polar surface area (TPSA) is 32.3 Å². The zero-order valence-corrected chi connectivity index (χ0v) is 11.4. The van der Waals surface area contributed by atoms with Crippen molar-refractivity contribution in [2.24, 2.45) is 0 Å². The van der Waals surface area contributed by atoms with Crippen LogP contribution in [0.3, 0.4) is 0 Å². The summed E-state index contributed by atoms with van der Waals surface area (Å²) in [6, 6.07) is 11.0. The van der Waals surface area contributed by atoms with E-state index in [1.807, 2.05) is 31.2 Å². The monoisotopic (exact) mass is 281 g/mol. The third-order valence-corrected chi connectivity index (χ3v) is 3.46. The first kappa shape index (κ1) is 13.1. The Morgan fingerprint density at radius 3 is 2.61 bits per heavy atom. The lowest BCUT2D eigenvalue weighted by atomic mass is 10.1. The summed E-state index contributed by atoms with van der Waals surface area (Å²) in [7, 11) is 0. The smallest absolute Gasteiger partial charge is 0.123 e. The average Bonchev–Trinajstić information content (AvgIpc) is 2.35. The number of aryl methyl sites for hydroxylation is 1. The van der Waals surface area contributed by atoms with Crippen LogP contribution in [-0.2, 0) is 6.54 Å². The number of para-hydroxylation sites is 1. The van der Waals surface area contributed by atoms with Gasteiger partial charge < -0.3 is 10.4 Å². The molecule has 2 rings (SSSR count). The van der Waals surface area contributed by atoms with Gasteiger partial charge in [0.1, 0.15) is 5.75 Å². The third-order valence-electron chi connectivity index (χ3n) is 2.72. The van der Waals surface area contributed by atoms with Gasteiger partial charge in [0.05, 0.1) is 10.0 Å². The molecule has 0 atom stereocenters. The van der Waals surface area contributed by atoms with E-state index in [0.29, 0.717) is 22.3 Å². The van der Waals surface area contributed by atoms with Crippen LogP contribution in [-0.4, -0.2) is 5.11 Å². The zero-order chi connectivity index (χ0) is 13.1. The summed E-state index contributed by atoms with van der Waals surface area (Å²) in [6.45, 7) is 2.41. The van der Waals surface area contributed by atoms with Crippen LogP contribution in [0.1, 0.15) is 11.1 Å². The summed E-state index contributed by atoms with van der Waals surface area (Å²) in [4.78, 5) is 0. The van der Waals surface area contributed by atoms with Crippen molar-refractivity contribution in [2.75, 3.05) is 5.32 Å². The molecule has 2 aromatic rings. The van der Waals surface area contributed by atoms with Gasteiger partial charge in [0.25, 0.3) is 0 Å². The van der Waals surface area contributed by atoms with E-state index in [2.05, 4.69) is 5.32 Å². The minimum absolute atomic E-state index is 0.324. The molecule has 0 fully saturated rings. The van der Waals surface area contributed by atoms with E-state index >= 15 is 0 Å². The molecular weight excluding hydrogens is 269 g/mol. The highest BCUT2D eigenvalue weighted by molar-refractivity contribution is 6.42. The van der Waals surface area contributed by atoms with Crippen LogP contribution in [0.4, 0.5) is 5.69 Å². The molecular formula is C14H13Cl2NO. The summed E-state index contributed by atoms with van der Waals surface area (Å²) in [5.41, 5.74) is 2.58. The van der Waals surface area contributed by atoms with Crippen LogP contribution in [0, 0.1) is 6.92 Å². The highest BCUT2D eigenvalue weighted by atomic mass is 35.5. The Bertz CT molecular complexity index is 570. The Morgan fingerprint density at radius 2 is 1.89 bits per heavy atom. The molecule has 0 aliphatic heterocycles. The molecule has 0 radical (unpaired) electrons. The van der Waals surface area contributed by atoms with Gasteiger partial charge in [-0.15, -0.1) is 0 Å². The van der Waals surface area contributed by atoms with Crippen molar-refractivity contribution in [1.29, 1.82) is 0 Å². The van der Waals surface area contributed by atoms with E-state index in [4.69, 9.17) is 23.2 Å². The van der Waals surface area contributed by atoms with Crippen LogP contribution >= 0.6 is 23.2 Å². The maximum Gasteiger partial charge on any atom is 0.123 e. The predicted octanol–water partition coefficient (Wildman–Crippen LogP) is 4.62. The van der Waals surface area contributed by atoms with E-state index in [0.717, 1.165) is 16.8 Å². The molecule has 0 bridgehead atoms. The van der Waals surface area contributed by atoms with Gasteiger partial charge in [-0.1, -0.05) is 41.4 Å². The van der Waals surface area contributed by atoms with E-state index in [-0.39, 0.29) is 0 Å². The van der Waals surface area contributed by atoms with Gasteiger partial charge in [-0.3, -0.25) is 0 Å². The number of nitrogens with one attached hydrogen (secondary N) is 1. The number of hydrogen-bond acceptors (Lipinski definition) is 2. The van der Waals surface area contributed by atoms with Gasteiger partial charge in [0, 0.05) is 17.8 Å². The van der Waals surface area contributed by atoms with Crippen molar-refractivity contribution >= 4 is 28.9 Å². The first-order chi connectivity index (χ1) is 8.58. The fourth-order valence-electron chi connectivity index (χ4n) is 1.67. The van der Waals surface area contributed by atoms with E-state index in [1.165, 1.54) is 0 Å². The van der Waals surface area contributed by atoms with E-state index < -0.39 is 0 Å². The highest BCUT2D eigenvalue weighted by Gasteiger charge is 2.04. The average molecular weight is 282 g/mol. The molecule has 0 spiro atoms. The number of rotatable bonds is 3. The summed E-state index contributed by atoms with van der Waals surface area (Å²) < 4.78 is 0. The molecule has 0 heterocycles. The Morgan fingerprint density at radius 1 is 1.11 bits per heavy atom. The summed E-state index contributed by atoms with van der Waals surface area (Å²) >= 11 is 11.8. The van der Waals surface area contributed by atoms with Crippen LogP contribution in [0.25, 0.3) is 0 Å². The molecule has 94 valence electrons. The maximum absolute atomic E-state index is 9.89. The lowest BCUT2D eigenvalue weighted by Crippen LogP contribution is -2.00. The standard InChI is InChI=1S/C14H13Cl2NO/c1-9-3-2-4-10(14(9)18)8-17-11-5-6-12(15)13(16)7-11/h2-7,17-18H,8H2,1H3. The number of aromatic hydroxyl groups is 1. The Kier molecular flexibility index (Phi) is 4.00. The lowest BCUT2D eigenvalue weighted by molar-refractivity contribution is 0.465. The van der Waals surface area contributed by atoms with Gasteiger partial charge in [-0.25, -0.2) is 0 Å².